The van der Waals surface area contributed by atoms with Gasteiger partial charge in [-0.1, -0.05) is 18.2 Å². The maximum absolute atomic E-state index is 12.5. The number of carbonyl (C=O) groups excluding carboxylic acids is 1. The number of H-pyrrole nitrogens is 1. The maximum Gasteiger partial charge on any atom is 0.182 e. The number of piperidine rings is 1. The van der Waals surface area contributed by atoms with Crippen molar-refractivity contribution in [3.63, 3.8) is 0 Å². The zero-order chi connectivity index (χ0) is 12.3. The first kappa shape index (κ1) is 10.3. The molecule has 18 heavy (non-hydrogen) atoms. The van der Waals surface area contributed by atoms with Crippen LogP contribution >= 0.6 is 0 Å². The molecule has 3 heteroatoms. The first-order valence-electron chi connectivity index (χ1n) is 6.61. The number of carbonyl (C=O) groups is 1. The van der Waals surface area contributed by atoms with Crippen LogP contribution in [0.3, 0.4) is 0 Å². The van der Waals surface area contributed by atoms with E-state index in [-0.39, 0.29) is 5.92 Å². The van der Waals surface area contributed by atoms with Crippen molar-refractivity contribution in [2.75, 3.05) is 13.6 Å². The van der Waals surface area contributed by atoms with Gasteiger partial charge in [0.2, 0.25) is 0 Å². The van der Waals surface area contributed by atoms with Crippen molar-refractivity contribution >= 4 is 16.7 Å². The van der Waals surface area contributed by atoms with E-state index >= 15 is 0 Å². The van der Waals surface area contributed by atoms with Crippen molar-refractivity contribution in [3.8, 4) is 0 Å². The average molecular weight is 240 g/mol. The Morgan fingerprint density at radius 1 is 1.33 bits per heavy atom. The van der Waals surface area contributed by atoms with Gasteiger partial charge in [-0.3, -0.25) is 9.69 Å². The van der Waals surface area contributed by atoms with Crippen molar-refractivity contribution in [2.45, 2.75) is 18.9 Å². The Labute approximate surface area is 106 Å². The monoisotopic (exact) mass is 240 g/mol. The van der Waals surface area contributed by atoms with Crippen LogP contribution in [0, 0.1) is 5.92 Å². The minimum absolute atomic E-state index is 0.228. The minimum atomic E-state index is 0.228. The molecule has 3 nitrogen and oxygen atoms in total. The zero-order valence-electron chi connectivity index (χ0n) is 10.4. The minimum Gasteiger partial charge on any atom is -0.352 e. The highest BCUT2D eigenvalue weighted by Gasteiger charge is 2.40. The van der Waals surface area contributed by atoms with Crippen LogP contribution in [0.2, 0.25) is 0 Å². The smallest absolute Gasteiger partial charge is 0.182 e. The van der Waals surface area contributed by atoms with Gasteiger partial charge in [-0.25, -0.2) is 0 Å². The lowest BCUT2D eigenvalue weighted by molar-refractivity contribution is 0.0725. The number of nitrogens with one attached hydrogen (secondary N) is 1. The second kappa shape index (κ2) is 3.45. The summed E-state index contributed by atoms with van der Waals surface area (Å²) in [7, 11) is 2.17. The van der Waals surface area contributed by atoms with Gasteiger partial charge in [0.1, 0.15) is 0 Å². The summed E-state index contributed by atoms with van der Waals surface area (Å²) < 4.78 is 0. The van der Waals surface area contributed by atoms with Crippen molar-refractivity contribution in [2.24, 2.45) is 5.92 Å². The molecule has 1 fully saturated rings. The van der Waals surface area contributed by atoms with Crippen LogP contribution in [0.25, 0.3) is 10.9 Å². The van der Waals surface area contributed by atoms with E-state index < -0.39 is 0 Å². The molecule has 0 saturated carbocycles. The van der Waals surface area contributed by atoms with Crippen LogP contribution in [0.4, 0.5) is 0 Å². The molecule has 1 aromatic carbocycles. The van der Waals surface area contributed by atoms with Crippen molar-refractivity contribution in [1.29, 1.82) is 0 Å². The molecule has 2 atom stereocenters. The number of aromatic amines is 1. The van der Waals surface area contributed by atoms with Gasteiger partial charge in [-0.05, 0) is 32.5 Å². The van der Waals surface area contributed by atoms with Gasteiger partial charge in [-0.15, -0.1) is 0 Å². The molecule has 1 aromatic heterocycles. The summed E-state index contributed by atoms with van der Waals surface area (Å²) in [4.78, 5) is 18.2. The van der Waals surface area contributed by atoms with Gasteiger partial charge in [0.15, 0.2) is 5.78 Å². The molecule has 92 valence electrons. The fourth-order valence-electron chi connectivity index (χ4n) is 3.57. The Bertz CT molecular complexity index is 643. The summed E-state index contributed by atoms with van der Waals surface area (Å²) in [5.74, 6) is 0.553. The number of Topliss-reactive ketones (excluding diaryl/α,β-unsaturated/α-hetero) is 1. The second-order valence-electron chi connectivity index (χ2n) is 5.54. The molecule has 0 amide bonds. The normalized spacial score (nSPS) is 27.5. The molecular formula is C15H16N2O. The highest BCUT2D eigenvalue weighted by molar-refractivity contribution is 6.05. The molecule has 1 aliphatic heterocycles. The van der Waals surface area contributed by atoms with Gasteiger partial charge in [0, 0.05) is 28.4 Å². The van der Waals surface area contributed by atoms with E-state index in [1.807, 2.05) is 6.07 Å². The maximum atomic E-state index is 12.5. The lowest BCUT2D eigenvalue weighted by atomic mass is 9.77. The highest BCUT2D eigenvalue weighted by Crippen LogP contribution is 2.44. The standard InChI is InChI=1S/C15H16N2O/c1-17-7-6-9-8-12(17)13-10-4-2-3-5-11(10)16-14(13)15(9)18/h2-5,9,12,16H,6-8H2,1H3/t9-,12+/m0/s1. The van der Waals surface area contributed by atoms with Crippen molar-refractivity contribution < 1.29 is 4.79 Å². The number of para-hydroxylation sites is 1. The highest BCUT2D eigenvalue weighted by atomic mass is 16.1. The topological polar surface area (TPSA) is 36.1 Å². The van der Waals surface area contributed by atoms with E-state index in [0.29, 0.717) is 11.8 Å². The molecule has 0 radical (unpaired) electrons. The number of hydrogen-bond donors (Lipinski definition) is 1. The molecule has 1 aliphatic carbocycles. The molecule has 2 aliphatic rings. The first-order chi connectivity index (χ1) is 8.75. The molecular weight excluding hydrogens is 224 g/mol. The SMILES string of the molecule is CN1CC[C@H]2C[C@@H]1c1c([nH]c3ccccc13)C2=O. The predicted octanol–water partition coefficient (Wildman–Crippen LogP) is 2.75. The van der Waals surface area contributed by atoms with Crippen LogP contribution in [0.15, 0.2) is 24.3 Å². The molecule has 2 aromatic rings. The molecule has 1 N–H and O–H groups in total. The van der Waals surface area contributed by atoms with E-state index in [2.05, 4.69) is 35.1 Å². The summed E-state index contributed by atoms with van der Waals surface area (Å²) in [6.45, 7) is 1.03. The summed E-state index contributed by atoms with van der Waals surface area (Å²) in [5.41, 5.74) is 3.19. The molecule has 2 heterocycles. The molecule has 2 bridgehead atoms. The third-order valence-corrected chi connectivity index (χ3v) is 4.57. The molecule has 0 spiro atoms. The number of aromatic nitrogens is 1. The van der Waals surface area contributed by atoms with Gasteiger partial charge in [0.25, 0.3) is 0 Å². The Morgan fingerprint density at radius 2 is 2.17 bits per heavy atom. The number of nitrogens with zero attached hydrogens (tertiary/aromatic N) is 1. The van der Waals surface area contributed by atoms with E-state index in [0.717, 1.165) is 30.6 Å². The second-order valence-corrected chi connectivity index (χ2v) is 5.54. The van der Waals surface area contributed by atoms with Crippen LogP contribution < -0.4 is 0 Å². The number of hydrogen-bond acceptors (Lipinski definition) is 2. The van der Waals surface area contributed by atoms with Crippen molar-refractivity contribution in [1.82, 2.24) is 9.88 Å². The zero-order valence-corrected chi connectivity index (χ0v) is 10.4. The Morgan fingerprint density at radius 3 is 3.06 bits per heavy atom. The van der Waals surface area contributed by atoms with E-state index in [9.17, 15) is 4.79 Å². The fourth-order valence-corrected chi connectivity index (χ4v) is 3.57. The number of rotatable bonds is 0. The lowest BCUT2D eigenvalue weighted by Gasteiger charge is -2.40. The van der Waals surface area contributed by atoms with Gasteiger partial charge in [-0.2, -0.15) is 0 Å². The summed E-state index contributed by atoms with van der Waals surface area (Å²) in [6, 6.07) is 8.67. The molecule has 0 unspecified atom stereocenters. The van der Waals surface area contributed by atoms with Crippen LogP contribution in [-0.2, 0) is 0 Å². The third-order valence-electron chi connectivity index (χ3n) is 4.57. The van der Waals surface area contributed by atoms with Crippen LogP contribution in [-0.4, -0.2) is 29.3 Å². The van der Waals surface area contributed by atoms with E-state index in [1.54, 1.807) is 0 Å². The Kier molecular flexibility index (Phi) is 1.98. The lowest BCUT2D eigenvalue weighted by Crippen LogP contribution is -2.40. The number of likely N-dealkylation sites (tertiary alicyclic amines) is 1. The van der Waals surface area contributed by atoms with E-state index in [4.69, 9.17) is 0 Å². The van der Waals surface area contributed by atoms with Gasteiger partial charge in [0.05, 0.1) is 5.69 Å². The average Bonchev–Trinajstić information content (AvgIpc) is 2.78. The number of benzene rings is 1. The largest absolute Gasteiger partial charge is 0.352 e. The summed E-state index contributed by atoms with van der Waals surface area (Å²) >= 11 is 0. The number of fused-ring (bicyclic) bond motifs is 6. The number of ketones is 1. The van der Waals surface area contributed by atoms with Crippen LogP contribution in [0.5, 0.6) is 0 Å². The molecule has 4 rings (SSSR count). The predicted molar refractivity (Wildman–Crippen MR) is 70.7 cm³/mol. The molecule has 1 saturated heterocycles. The van der Waals surface area contributed by atoms with Crippen LogP contribution in [0.1, 0.15) is 34.9 Å². The third kappa shape index (κ3) is 1.20. The quantitative estimate of drug-likeness (QED) is 0.768. The van der Waals surface area contributed by atoms with Gasteiger partial charge >= 0.3 is 0 Å². The van der Waals surface area contributed by atoms with E-state index in [1.165, 1.54) is 10.9 Å². The Balaban J connectivity index is 2.03. The van der Waals surface area contributed by atoms with Crippen molar-refractivity contribution in [3.05, 3.63) is 35.5 Å². The summed E-state index contributed by atoms with van der Waals surface area (Å²) in [6.07, 6.45) is 1.99. The Hall–Kier alpha value is -1.61. The summed E-state index contributed by atoms with van der Waals surface area (Å²) in [5, 5.41) is 1.22. The fraction of sp³-hybridized carbons (Fsp3) is 0.400. The van der Waals surface area contributed by atoms with Gasteiger partial charge < -0.3 is 4.98 Å². The first-order valence-corrected chi connectivity index (χ1v) is 6.61.